The van der Waals surface area contributed by atoms with Crippen LogP contribution in [-0.4, -0.2) is 35.0 Å². The Morgan fingerprint density at radius 1 is 1.16 bits per heavy atom. The van der Waals surface area contributed by atoms with Crippen molar-refractivity contribution < 1.29 is 4.79 Å². The van der Waals surface area contributed by atoms with Gasteiger partial charge in [-0.05, 0) is 44.7 Å². The summed E-state index contributed by atoms with van der Waals surface area (Å²) in [6, 6.07) is 10.2. The minimum absolute atomic E-state index is 0.113. The Balaban J connectivity index is 1.78. The van der Waals surface area contributed by atoms with Crippen molar-refractivity contribution in [3.8, 4) is 0 Å². The SMILES string of the molecule is CCC1CCCCN1c1cnc(C(=O)N(CC)c2ccccc2)cn1. The molecule has 1 atom stereocenters. The molecule has 5 nitrogen and oxygen atoms in total. The van der Waals surface area contributed by atoms with Crippen LogP contribution in [0, 0.1) is 0 Å². The number of anilines is 2. The van der Waals surface area contributed by atoms with Gasteiger partial charge in [-0.3, -0.25) is 4.79 Å². The molecule has 1 aromatic carbocycles. The van der Waals surface area contributed by atoms with E-state index in [1.54, 1.807) is 17.3 Å². The van der Waals surface area contributed by atoms with Crippen LogP contribution < -0.4 is 9.80 Å². The molecule has 0 saturated carbocycles. The van der Waals surface area contributed by atoms with E-state index in [2.05, 4.69) is 21.8 Å². The third-order valence-electron chi connectivity index (χ3n) is 4.88. The van der Waals surface area contributed by atoms with Crippen molar-refractivity contribution in [2.75, 3.05) is 22.9 Å². The number of para-hydroxylation sites is 1. The zero-order valence-corrected chi connectivity index (χ0v) is 15.1. The molecule has 3 rings (SSSR count). The summed E-state index contributed by atoms with van der Waals surface area (Å²) in [6.45, 7) is 5.79. The van der Waals surface area contributed by atoms with Gasteiger partial charge < -0.3 is 9.80 Å². The molecule has 2 heterocycles. The standard InChI is InChI=1S/C20H26N4O/c1-3-16-10-8-9-13-24(16)19-15-21-18(14-22-19)20(25)23(4-2)17-11-6-5-7-12-17/h5-7,11-12,14-16H,3-4,8-10,13H2,1-2H3. The van der Waals surface area contributed by atoms with Gasteiger partial charge in [-0.15, -0.1) is 0 Å². The fourth-order valence-electron chi connectivity index (χ4n) is 3.50. The van der Waals surface area contributed by atoms with Gasteiger partial charge in [0.25, 0.3) is 5.91 Å². The molecule has 0 radical (unpaired) electrons. The molecule has 1 aliphatic rings. The lowest BCUT2D eigenvalue weighted by Crippen LogP contribution is -2.39. The summed E-state index contributed by atoms with van der Waals surface area (Å²) >= 11 is 0. The van der Waals surface area contributed by atoms with Crippen LogP contribution in [0.25, 0.3) is 0 Å². The lowest BCUT2D eigenvalue weighted by Gasteiger charge is -2.36. The number of rotatable bonds is 5. The lowest BCUT2D eigenvalue weighted by atomic mass is 10.0. The van der Waals surface area contributed by atoms with Gasteiger partial charge in [0.2, 0.25) is 0 Å². The second-order valence-corrected chi connectivity index (χ2v) is 6.40. The highest BCUT2D eigenvalue weighted by molar-refractivity contribution is 6.04. The van der Waals surface area contributed by atoms with Gasteiger partial charge >= 0.3 is 0 Å². The number of benzene rings is 1. The number of hydrogen-bond acceptors (Lipinski definition) is 4. The summed E-state index contributed by atoms with van der Waals surface area (Å²) in [5, 5.41) is 0. The fraction of sp³-hybridized carbons (Fsp3) is 0.450. The topological polar surface area (TPSA) is 49.3 Å². The first-order valence-electron chi connectivity index (χ1n) is 9.20. The second-order valence-electron chi connectivity index (χ2n) is 6.40. The van der Waals surface area contributed by atoms with Crippen molar-refractivity contribution >= 4 is 17.4 Å². The maximum atomic E-state index is 12.8. The summed E-state index contributed by atoms with van der Waals surface area (Å²) in [7, 11) is 0. The van der Waals surface area contributed by atoms with Gasteiger partial charge in [-0.1, -0.05) is 25.1 Å². The minimum Gasteiger partial charge on any atom is -0.352 e. The van der Waals surface area contributed by atoms with E-state index in [1.807, 2.05) is 37.3 Å². The molecule has 5 heteroatoms. The highest BCUT2D eigenvalue weighted by atomic mass is 16.2. The molecule has 0 bridgehead atoms. The molecule has 1 aromatic heterocycles. The quantitative estimate of drug-likeness (QED) is 0.829. The average Bonchev–Trinajstić information content (AvgIpc) is 2.69. The third-order valence-corrected chi connectivity index (χ3v) is 4.88. The monoisotopic (exact) mass is 338 g/mol. The summed E-state index contributed by atoms with van der Waals surface area (Å²) in [6.07, 6.45) is 8.15. The van der Waals surface area contributed by atoms with Crippen LogP contribution in [0.2, 0.25) is 0 Å². The van der Waals surface area contributed by atoms with Gasteiger partial charge in [0.15, 0.2) is 0 Å². The maximum absolute atomic E-state index is 12.8. The highest BCUT2D eigenvalue weighted by Crippen LogP contribution is 2.24. The molecule has 25 heavy (non-hydrogen) atoms. The average molecular weight is 338 g/mol. The van der Waals surface area contributed by atoms with Crippen molar-refractivity contribution in [3.05, 3.63) is 48.4 Å². The van der Waals surface area contributed by atoms with E-state index < -0.39 is 0 Å². The first-order chi connectivity index (χ1) is 12.2. The summed E-state index contributed by atoms with van der Waals surface area (Å²) in [5.74, 6) is 0.768. The number of aromatic nitrogens is 2. The van der Waals surface area contributed by atoms with E-state index in [4.69, 9.17) is 0 Å². The van der Waals surface area contributed by atoms with Crippen molar-refractivity contribution in [2.45, 2.75) is 45.6 Å². The predicted octanol–water partition coefficient (Wildman–Crippen LogP) is 3.91. The Kier molecular flexibility index (Phi) is 5.64. The van der Waals surface area contributed by atoms with E-state index in [-0.39, 0.29) is 5.91 Å². The lowest BCUT2D eigenvalue weighted by molar-refractivity contribution is 0.0983. The van der Waals surface area contributed by atoms with E-state index in [0.29, 0.717) is 18.3 Å². The fourth-order valence-corrected chi connectivity index (χ4v) is 3.50. The largest absolute Gasteiger partial charge is 0.352 e. The van der Waals surface area contributed by atoms with Crippen LogP contribution in [0.5, 0.6) is 0 Å². The number of nitrogens with zero attached hydrogens (tertiary/aromatic N) is 4. The number of amides is 1. The summed E-state index contributed by atoms with van der Waals surface area (Å²) in [4.78, 5) is 25.8. The van der Waals surface area contributed by atoms with Crippen LogP contribution in [0.3, 0.4) is 0 Å². The normalized spacial score (nSPS) is 17.4. The molecule has 132 valence electrons. The van der Waals surface area contributed by atoms with Gasteiger partial charge in [0.05, 0.1) is 12.4 Å². The number of hydrogen-bond donors (Lipinski definition) is 0. The molecule has 0 aliphatic carbocycles. The molecule has 1 fully saturated rings. The maximum Gasteiger partial charge on any atom is 0.278 e. The molecule has 1 saturated heterocycles. The van der Waals surface area contributed by atoms with E-state index >= 15 is 0 Å². The molecule has 2 aromatic rings. The first kappa shape index (κ1) is 17.4. The molecule has 0 N–H and O–H groups in total. The van der Waals surface area contributed by atoms with Gasteiger partial charge in [0, 0.05) is 24.8 Å². The first-order valence-corrected chi connectivity index (χ1v) is 9.20. The van der Waals surface area contributed by atoms with E-state index in [9.17, 15) is 4.79 Å². The van der Waals surface area contributed by atoms with Crippen molar-refractivity contribution in [2.24, 2.45) is 0 Å². The van der Waals surface area contributed by atoms with Crippen molar-refractivity contribution in [1.82, 2.24) is 9.97 Å². The van der Waals surface area contributed by atoms with Crippen LogP contribution in [0.1, 0.15) is 50.0 Å². The summed E-state index contributed by atoms with van der Waals surface area (Å²) in [5.41, 5.74) is 1.27. The van der Waals surface area contributed by atoms with Gasteiger partial charge in [0.1, 0.15) is 11.5 Å². The van der Waals surface area contributed by atoms with Crippen LogP contribution in [-0.2, 0) is 0 Å². The predicted molar refractivity (Wildman–Crippen MR) is 101 cm³/mol. The Morgan fingerprint density at radius 2 is 1.96 bits per heavy atom. The second kappa shape index (κ2) is 8.10. The summed E-state index contributed by atoms with van der Waals surface area (Å²) < 4.78 is 0. The number of carbonyl (C=O) groups is 1. The Bertz CT molecular complexity index is 687. The third kappa shape index (κ3) is 3.81. The zero-order chi connectivity index (χ0) is 17.6. The molecule has 1 amide bonds. The van der Waals surface area contributed by atoms with Crippen molar-refractivity contribution in [3.63, 3.8) is 0 Å². The Labute approximate surface area is 149 Å². The Morgan fingerprint density at radius 3 is 2.60 bits per heavy atom. The zero-order valence-electron chi connectivity index (χ0n) is 15.1. The van der Waals surface area contributed by atoms with Crippen LogP contribution >= 0.6 is 0 Å². The van der Waals surface area contributed by atoms with Crippen LogP contribution in [0.4, 0.5) is 11.5 Å². The molecule has 0 spiro atoms. The number of piperidine rings is 1. The minimum atomic E-state index is -0.113. The molecular formula is C20H26N4O. The molecule has 1 aliphatic heterocycles. The van der Waals surface area contributed by atoms with Crippen LogP contribution in [0.15, 0.2) is 42.7 Å². The molecule has 1 unspecified atom stereocenters. The van der Waals surface area contributed by atoms with Gasteiger partial charge in [-0.2, -0.15) is 0 Å². The highest BCUT2D eigenvalue weighted by Gasteiger charge is 2.23. The Hall–Kier alpha value is -2.43. The van der Waals surface area contributed by atoms with E-state index in [1.165, 1.54) is 19.3 Å². The van der Waals surface area contributed by atoms with Crippen molar-refractivity contribution in [1.29, 1.82) is 0 Å². The van der Waals surface area contributed by atoms with E-state index in [0.717, 1.165) is 24.5 Å². The van der Waals surface area contributed by atoms with Gasteiger partial charge in [-0.25, -0.2) is 9.97 Å². The molecular weight excluding hydrogens is 312 g/mol. The number of carbonyl (C=O) groups excluding carboxylic acids is 1. The smallest absolute Gasteiger partial charge is 0.278 e.